The normalized spacial score (nSPS) is 13.7. The van der Waals surface area contributed by atoms with Gasteiger partial charge < -0.3 is 15.3 Å². The summed E-state index contributed by atoms with van der Waals surface area (Å²) >= 11 is 0. The molecular formula is C14H16N2O3. The van der Waals surface area contributed by atoms with Crippen LogP contribution < -0.4 is 10.2 Å². The molecule has 1 fully saturated rings. The molecule has 1 aliphatic heterocycles. The minimum absolute atomic E-state index is 0.128. The van der Waals surface area contributed by atoms with Crippen molar-refractivity contribution in [1.82, 2.24) is 5.32 Å². The van der Waals surface area contributed by atoms with Gasteiger partial charge in [0.25, 0.3) is 5.91 Å². The maximum Gasteiger partial charge on any atom is 0.337 e. The van der Waals surface area contributed by atoms with Gasteiger partial charge in [0.05, 0.1) is 11.3 Å². The van der Waals surface area contributed by atoms with Crippen LogP contribution in [-0.4, -0.2) is 37.1 Å². The van der Waals surface area contributed by atoms with Crippen LogP contribution in [0.1, 0.15) is 17.3 Å². The van der Waals surface area contributed by atoms with Gasteiger partial charge in [-0.1, -0.05) is 12.1 Å². The Morgan fingerprint density at radius 2 is 1.89 bits per heavy atom. The number of carbonyl (C=O) groups excluding carboxylic acids is 1. The zero-order valence-corrected chi connectivity index (χ0v) is 10.9. The lowest BCUT2D eigenvalue weighted by Crippen LogP contribution is -2.38. The van der Waals surface area contributed by atoms with E-state index in [1.54, 1.807) is 32.2 Å². The molecule has 2 rings (SSSR count). The monoisotopic (exact) mass is 260 g/mol. The van der Waals surface area contributed by atoms with Crippen LogP contribution in [0.4, 0.5) is 5.69 Å². The standard InChI is InChI=1S/C14H16N2O3/c1-9(10-7-15-8-10)13(17)16(2)12-6-4-3-5-11(12)14(18)19/h3-6,15H,7-8H2,1-2H3,(H,18,19). The smallest absolute Gasteiger partial charge is 0.337 e. The second-order valence-electron chi connectivity index (χ2n) is 4.52. The van der Waals surface area contributed by atoms with Crippen molar-refractivity contribution in [1.29, 1.82) is 0 Å². The van der Waals surface area contributed by atoms with Crippen molar-refractivity contribution < 1.29 is 14.7 Å². The van der Waals surface area contributed by atoms with Gasteiger partial charge in [0, 0.05) is 25.7 Å². The van der Waals surface area contributed by atoms with Crippen molar-refractivity contribution >= 4 is 17.6 Å². The molecule has 0 bridgehead atoms. The van der Waals surface area contributed by atoms with Crippen molar-refractivity contribution in [2.24, 2.45) is 0 Å². The van der Waals surface area contributed by atoms with Gasteiger partial charge in [0.15, 0.2) is 0 Å². The number of hydrogen-bond acceptors (Lipinski definition) is 3. The van der Waals surface area contributed by atoms with Crippen LogP contribution in [0.3, 0.4) is 0 Å². The predicted molar refractivity (Wildman–Crippen MR) is 72.4 cm³/mol. The van der Waals surface area contributed by atoms with Crippen molar-refractivity contribution in [3.63, 3.8) is 0 Å². The molecular weight excluding hydrogens is 244 g/mol. The van der Waals surface area contributed by atoms with Crippen LogP contribution in [0.25, 0.3) is 0 Å². The van der Waals surface area contributed by atoms with E-state index in [0.29, 0.717) is 11.3 Å². The summed E-state index contributed by atoms with van der Waals surface area (Å²) in [5.74, 6) is -1.20. The number of anilines is 1. The number of hydrogen-bond donors (Lipinski definition) is 2. The van der Waals surface area contributed by atoms with Gasteiger partial charge in [-0.05, 0) is 24.6 Å². The van der Waals surface area contributed by atoms with E-state index in [2.05, 4.69) is 5.32 Å². The fourth-order valence-corrected chi connectivity index (χ4v) is 1.97. The fraction of sp³-hybridized carbons (Fsp3) is 0.286. The van der Waals surface area contributed by atoms with Gasteiger partial charge in [0.1, 0.15) is 0 Å². The Bertz CT molecular complexity index is 558. The van der Waals surface area contributed by atoms with Crippen LogP contribution in [0.5, 0.6) is 0 Å². The summed E-state index contributed by atoms with van der Waals surface area (Å²) in [5.41, 5.74) is 2.29. The van der Waals surface area contributed by atoms with E-state index in [9.17, 15) is 9.59 Å². The van der Waals surface area contributed by atoms with Crippen LogP contribution in [0, 0.1) is 0 Å². The highest BCUT2D eigenvalue weighted by molar-refractivity contribution is 6.08. The molecule has 1 aromatic carbocycles. The Hall–Kier alpha value is -2.14. The second-order valence-corrected chi connectivity index (χ2v) is 4.52. The molecule has 0 saturated carbocycles. The number of carboxylic acid groups (broad SMARTS) is 1. The van der Waals surface area contributed by atoms with Crippen LogP contribution >= 0.6 is 0 Å². The largest absolute Gasteiger partial charge is 0.478 e. The van der Waals surface area contributed by atoms with Crippen molar-refractivity contribution in [2.45, 2.75) is 6.92 Å². The average molecular weight is 260 g/mol. The molecule has 1 aliphatic rings. The van der Waals surface area contributed by atoms with Crippen LogP contribution in [0.2, 0.25) is 0 Å². The van der Waals surface area contributed by atoms with Crippen molar-refractivity contribution in [3.8, 4) is 0 Å². The number of carboxylic acids is 1. The zero-order valence-electron chi connectivity index (χ0n) is 10.9. The highest BCUT2D eigenvalue weighted by Crippen LogP contribution is 2.22. The third-order valence-electron chi connectivity index (χ3n) is 3.33. The second kappa shape index (κ2) is 5.24. The quantitative estimate of drug-likeness (QED) is 0.803. The Balaban J connectivity index is 2.32. The number of para-hydroxylation sites is 1. The van der Waals surface area contributed by atoms with Gasteiger partial charge in [0.2, 0.25) is 0 Å². The minimum atomic E-state index is -1.04. The maximum atomic E-state index is 12.3. The number of nitrogens with one attached hydrogen (secondary N) is 1. The maximum absolute atomic E-state index is 12.3. The summed E-state index contributed by atoms with van der Waals surface area (Å²) in [7, 11) is 1.60. The van der Waals surface area contributed by atoms with E-state index < -0.39 is 5.97 Å². The molecule has 19 heavy (non-hydrogen) atoms. The molecule has 0 atom stereocenters. The number of benzene rings is 1. The summed E-state index contributed by atoms with van der Waals surface area (Å²) in [6.45, 7) is 3.23. The number of rotatable bonds is 3. The number of aromatic carboxylic acids is 1. The summed E-state index contributed by atoms with van der Waals surface area (Å²) in [5, 5.41) is 12.2. The molecule has 1 heterocycles. The molecule has 1 amide bonds. The molecule has 0 spiro atoms. The molecule has 1 saturated heterocycles. The summed E-state index contributed by atoms with van der Waals surface area (Å²) in [4.78, 5) is 24.9. The Morgan fingerprint density at radius 1 is 1.26 bits per heavy atom. The van der Waals surface area contributed by atoms with Gasteiger partial charge in [-0.3, -0.25) is 4.79 Å². The summed E-state index contributed by atoms with van der Waals surface area (Å²) in [6.07, 6.45) is 0. The van der Waals surface area contributed by atoms with Gasteiger partial charge in [-0.2, -0.15) is 0 Å². The molecule has 2 N–H and O–H groups in total. The lowest BCUT2D eigenvalue weighted by Gasteiger charge is -2.25. The van der Waals surface area contributed by atoms with Crippen LogP contribution in [-0.2, 0) is 4.79 Å². The molecule has 100 valence electrons. The zero-order chi connectivity index (χ0) is 14.0. The molecule has 0 radical (unpaired) electrons. The third kappa shape index (κ3) is 2.51. The molecule has 0 unspecified atom stereocenters. The molecule has 1 aromatic rings. The highest BCUT2D eigenvalue weighted by atomic mass is 16.4. The first-order valence-electron chi connectivity index (χ1n) is 6.02. The Labute approximate surface area is 111 Å². The number of likely N-dealkylation sites (N-methyl/N-ethyl adjacent to an activating group) is 1. The SMILES string of the molecule is CC(C(=O)N(C)c1ccccc1C(=O)O)=C1CNC1. The minimum Gasteiger partial charge on any atom is -0.478 e. The Kier molecular flexibility index (Phi) is 3.66. The first kappa shape index (κ1) is 13.3. The molecule has 5 heteroatoms. The molecule has 0 aliphatic carbocycles. The first-order chi connectivity index (χ1) is 9.02. The lowest BCUT2D eigenvalue weighted by molar-refractivity contribution is -0.114. The van der Waals surface area contributed by atoms with E-state index in [4.69, 9.17) is 5.11 Å². The third-order valence-corrected chi connectivity index (χ3v) is 3.33. The lowest BCUT2D eigenvalue weighted by atomic mass is 10.0. The van der Waals surface area contributed by atoms with E-state index in [1.165, 1.54) is 11.0 Å². The first-order valence-corrected chi connectivity index (χ1v) is 6.02. The van der Waals surface area contributed by atoms with Crippen molar-refractivity contribution in [2.75, 3.05) is 25.0 Å². The highest BCUT2D eigenvalue weighted by Gasteiger charge is 2.22. The van der Waals surface area contributed by atoms with Gasteiger partial charge in [-0.25, -0.2) is 4.79 Å². The van der Waals surface area contributed by atoms with Gasteiger partial charge >= 0.3 is 5.97 Å². The number of amides is 1. The topological polar surface area (TPSA) is 69.6 Å². The van der Waals surface area contributed by atoms with Crippen molar-refractivity contribution in [3.05, 3.63) is 41.0 Å². The predicted octanol–water partition coefficient (Wildman–Crippen LogP) is 1.27. The Morgan fingerprint density at radius 3 is 2.42 bits per heavy atom. The fourth-order valence-electron chi connectivity index (χ4n) is 1.97. The van der Waals surface area contributed by atoms with E-state index in [0.717, 1.165) is 18.7 Å². The van der Waals surface area contributed by atoms with E-state index in [-0.39, 0.29) is 11.5 Å². The molecule has 5 nitrogen and oxygen atoms in total. The average Bonchev–Trinajstić information content (AvgIpc) is 2.34. The van der Waals surface area contributed by atoms with Crippen LogP contribution in [0.15, 0.2) is 35.4 Å². The number of nitrogens with zero attached hydrogens (tertiary/aromatic N) is 1. The summed E-state index contributed by atoms with van der Waals surface area (Å²) < 4.78 is 0. The van der Waals surface area contributed by atoms with E-state index >= 15 is 0 Å². The van der Waals surface area contributed by atoms with E-state index in [1.807, 2.05) is 0 Å². The molecule has 0 aromatic heterocycles. The number of carbonyl (C=O) groups is 2. The summed E-state index contributed by atoms with van der Waals surface area (Å²) in [6, 6.07) is 6.50. The van der Waals surface area contributed by atoms with Gasteiger partial charge in [-0.15, -0.1) is 0 Å².